The Bertz CT molecular complexity index is 1040. The van der Waals surface area contributed by atoms with Crippen LogP contribution in [0.15, 0.2) is 42.7 Å². The van der Waals surface area contributed by atoms with E-state index in [0.29, 0.717) is 18.3 Å². The lowest BCUT2D eigenvalue weighted by atomic mass is 9.96. The van der Waals surface area contributed by atoms with Gasteiger partial charge in [0.25, 0.3) is 0 Å². The minimum absolute atomic E-state index is 0.0166. The van der Waals surface area contributed by atoms with Gasteiger partial charge in [0.2, 0.25) is 0 Å². The number of hydrogen-bond acceptors (Lipinski definition) is 4. The Morgan fingerprint density at radius 2 is 2.00 bits per heavy atom. The summed E-state index contributed by atoms with van der Waals surface area (Å²) in [5.41, 5.74) is 2.72. The molecule has 3 aromatic rings. The van der Waals surface area contributed by atoms with E-state index in [0.717, 1.165) is 28.7 Å². The van der Waals surface area contributed by atoms with Gasteiger partial charge in [0.1, 0.15) is 12.4 Å². The number of aliphatic carboxylic acids is 1. The van der Waals surface area contributed by atoms with Crippen LogP contribution in [0, 0.1) is 17.8 Å². The van der Waals surface area contributed by atoms with Gasteiger partial charge in [-0.1, -0.05) is 31.9 Å². The minimum Gasteiger partial charge on any atom is -0.489 e. The molecule has 0 saturated heterocycles. The molecule has 0 saturated carbocycles. The van der Waals surface area contributed by atoms with E-state index in [4.69, 9.17) is 9.84 Å². The van der Waals surface area contributed by atoms with Gasteiger partial charge in [-0.05, 0) is 36.6 Å². The zero-order valence-corrected chi connectivity index (χ0v) is 16.9. The molecule has 0 aliphatic carbocycles. The largest absolute Gasteiger partial charge is 0.489 e. The maximum Gasteiger partial charge on any atom is 0.304 e. The summed E-state index contributed by atoms with van der Waals surface area (Å²) in [5, 5.41) is 14.5. The highest BCUT2D eigenvalue weighted by atomic mass is 16.5. The molecule has 0 bridgehead atoms. The highest BCUT2D eigenvalue weighted by molar-refractivity contribution is 5.74. The first-order valence-corrected chi connectivity index (χ1v) is 9.63. The molecule has 150 valence electrons. The van der Waals surface area contributed by atoms with Gasteiger partial charge in [0.15, 0.2) is 5.65 Å². The van der Waals surface area contributed by atoms with Crippen molar-refractivity contribution in [3.8, 4) is 17.6 Å². The van der Waals surface area contributed by atoms with Crippen molar-refractivity contribution in [3.05, 3.63) is 53.9 Å². The van der Waals surface area contributed by atoms with E-state index >= 15 is 0 Å². The average Bonchev–Trinajstić information content (AvgIpc) is 3.07. The molecule has 1 N–H and O–H groups in total. The molecule has 2 aromatic heterocycles. The van der Waals surface area contributed by atoms with E-state index in [-0.39, 0.29) is 12.3 Å². The Labute approximate surface area is 170 Å². The van der Waals surface area contributed by atoms with E-state index in [2.05, 4.69) is 35.8 Å². The van der Waals surface area contributed by atoms with Gasteiger partial charge in [-0.3, -0.25) is 4.79 Å². The predicted octanol–water partition coefficient (Wildman–Crippen LogP) is 4.25. The standard InChI is InChI=1S/C23H25N3O3/c1-4-5-19(11-22(27)28)18-6-8-21(9-7-18)29-15-17-10-20-13-25-26(14-16(2)3)23(20)24-12-17/h6-10,12-13,16,19H,11,14-15H2,1-3H3,(H,27,28)/t19-/m0/s1. The van der Waals surface area contributed by atoms with Crippen LogP contribution in [-0.2, 0) is 17.9 Å². The monoisotopic (exact) mass is 391 g/mol. The number of hydrogen-bond donors (Lipinski definition) is 1. The van der Waals surface area contributed by atoms with Crippen molar-refractivity contribution in [1.29, 1.82) is 0 Å². The molecular formula is C23H25N3O3. The number of carboxylic acids is 1. The molecule has 0 unspecified atom stereocenters. The maximum absolute atomic E-state index is 11.0. The highest BCUT2D eigenvalue weighted by Gasteiger charge is 2.13. The number of ether oxygens (including phenoxy) is 1. The van der Waals surface area contributed by atoms with Gasteiger partial charge in [-0.25, -0.2) is 9.67 Å². The van der Waals surface area contributed by atoms with Crippen molar-refractivity contribution in [1.82, 2.24) is 14.8 Å². The van der Waals surface area contributed by atoms with Crippen molar-refractivity contribution in [2.45, 2.75) is 46.3 Å². The Balaban J connectivity index is 1.66. The lowest BCUT2D eigenvalue weighted by Crippen LogP contribution is -2.06. The lowest BCUT2D eigenvalue weighted by molar-refractivity contribution is -0.137. The summed E-state index contributed by atoms with van der Waals surface area (Å²) in [4.78, 5) is 15.6. The topological polar surface area (TPSA) is 77.2 Å². The summed E-state index contributed by atoms with van der Waals surface area (Å²) >= 11 is 0. The maximum atomic E-state index is 11.0. The average molecular weight is 391 g/mol. The number of benzene rings is 1. The molecule has 6 nitrogen and oxygen atoms in total. The van der Waals surface area contributed by atoms with E-state index in [1.165, 1.54) is 0 Å². The van der Waals surface area contributed by atoms with E-state index in [1.54, 1.807) is 6.92 Å². The smallest absolute Gasteiger partial charge is 0.304 e. The second-order valence-corrected chi connectivity index (χ2v) is 7.38. The Hall–Kier alpha value is -3.33. The van der Waals surface area contributed by atoms with Crippen LogP contribution in [-0.4, -0.2) is 25.8 Å². The molecule has 1 aromatic carbocycles. The third-order valence-electron chi connectivity index (χ3n) is 4.46. The van der Waals surface area contributed by atoms with Crippen LogP contribution >= 0.6 is 0 Å². The number of nitrogens with zero attached hydrogens (tertiary/aromatic N) is 3. The molecule has 1 atom stereocenters. The molecular weight excluding hydrogens is 366 g/mol. The molecule has 0 amide bonds. The highest BCUT2D eigenvalue weighted by Crippen LogP contribution is 2.23. The summed E-state index contributed by atoms with van der Waals surface area (Å²) in [6, 6.07) is 9.46. The second kappa shape index (κ2) is 9.24. The summed E-state index contributed by atoms with van der Waals surface area (Å²) in [6.07, 6.45) is 3.63. The van der Waals surface area contributed by atoms with E-state index in [9.17, 15) is 4.79 Å². The van der Waals surface area contributed by atoms with E-state index < -0.39 is 5.97 Å². The van der Waals surface area contributed by atoms with E-state index in [1.807, 2.05) is 47.4 Å². The van der Waals surface area contributed by atoms with Crippen LogP contribution in [0.2, 0.25) is 0 Å². The number of aromatic nitrogens is 3. The first-order valence-electron chi connectivity index (χ1n) is 9.63. The summed E-state index contributed by atoms with van der Waals surface area (Å²) in [6.45, 7) is 7.25. The molecule has 0 spiro atoms. The Morgan fingerprint density at radius 1 is 1.24 bits per heavy atom. The van der Waals surface area contributed by atoms with Crippen LogP contribution in [0.1, 0.15) is 44.2 Å². The van der Waals surface area contributed by atoms with Gasteiger partial charge in [-0.2, -0.15) is 5.10 Å². The first-order chi connectivity index (χ1) is 14.0. The molecule has 3 rings (SSSR count). The lowest BCUT2D eigenvalue weighted by Gasteiger charge is -2.11. The van der Waals surface area contributed by atoms with Crippen molar-refractivity contribution in [2.24, 2.45) is 5.92 Å². The third kappa shape index (κ3) is 5.35. The fourth-order valence-corrected chi connectivity index (χ4v) is 3.14. The molecule has 0 fully saturated rings. The van der Waals surface area contributed by atoms with Gasteiger partial charge in [0.05, 0.1) is 18.5 Å². The molecule has 29 heavy (non-hydrogen) atoms. The number of carbonyl (C=O) groups is 1. The normalized spacial score (nSPS) is 11.9. The van der Waals surface area contributed by atoms with Gasteiger partial charge in [0, 0.05) is 23.7 Å². The van der Waals surface area contributed by atoms with Gasteiger partial charge < -0.3 is 9.84 Å². The Kier molecular flexibility index (Phi) is 6.50. The van der Waals surface area contributed by atoms with Crippen molar-refractivity contribution in [3.63, 3.8) is 0 Å². The number of fused-ring (bicyclic) bond motifs is 1. The minimum atomic E-state index is -0.863. The van der Waals surface area contributed by atoms with Crippen LogP contribution < -0.4 is 4.74 Å². The molecule has 6 heteroatoms. The zero-order chi connectivity index (χ0) is 20.8. The van der Waals surface area contributed by atoms with Gasteiger partial charge >= 0.3 is 5.97 Å². The summed E-state index contributed by atoms with van der Waals surface area (Å²) in [7, 11) is 0. The first kappa shape index (κ1) is 20.4. The third-order valence-corrected chi connectivity index (χ3v) is 4.46. The van der Waals surface area contributed by atoms with Crippen molar-refractivity contribution in [2.75, 3.05) is 0 Å². The molecule has 0 radical (unpaired) electrons. The number of rotatable bonds is 8. The van der Waals surface area contributed by atoms with Crippen LogP contribution in [0.5, 0.6) is 5.75 Å². The number of carboxylic acid groups (broad SMARTS) is 1. The molecule has 2 heterocycles. The van der Waals surface area contributed by atoms with Gasteiger partial charge in [-0.15, -0.1) is 5.92 Å². The van der Waals surface area contributed by atoms with Crippen LogP contribution in [0.4, 0.5) is 0 Å². The van der Waals surface area contributed by atoms with Crippen LogP contribution in [0.25, 0.3) is 11.0 Å². The quantitative estimate of drug-likeness (QED) is 0.581. The Morgan fingerprint density at radius 3 is 2.66 bits per heavy atom. The summed E-state index contributed by atoms with van der Waals surface area (Å²) in [5.74, 6) is 5.78. The second-order valence-electron chi connectivity index (χ2n) is 7.38. The predicted molar refractivity (Wildman–Crippen MR) is 112 cm³/mol. The van der Waals surface area contributed by atoms with Crippen molar-refractivity contribution >= 4 is 17.0 Å². The van der Waals surface area contributed by atoms with Crippen molar-refractivity contribution < 1.29 is 14.6 Å². The fraction of sp³-hybridized carbons (Fsp3) is 0.348. The molecule has 0 aliphatic rings. The summed E-state index contributed by atoms with van der Waals surface area (Å²) < 4.78 is 7.80. The number of pyridine rings is 1. The fourth-order valence-electron chi connectivity index (χ4n) is 3.14. The SMILES string of the molecule is CC#C[C@@H](CC(=O)O)c1ccc(OCc2cnc3c(cnn3CC(C)C)c2)cc1. The van der Waals surface area contributed by atoms with Crippen LogP contribution in [0.3, 0.4) is 0 Å². The molecule has 0 aliphatic heterocycles. The zero-order valence-electron chi connectivity index (χ0n) is 16.9.